The van der Waals surface area contributed by atoms with E-state index >= 15 is 0 Å². The first-order chi connectivity index (χ1) is 8.33. The van der Waals surface area contributed by atoms with Gasteiger partial charge in [-0.15, -0.1) is 0 Å². The van der Waals surface area contributed by atoms with Crippen LogP contribution in [0.4, 0.5) is 13.2 Å². The maximum atomic E-state index is 12.8. The first-order valence-corrected chi connectivity index (χ1v) is 5.59. The molecule has 6 heteroatoms. The van der Waals surface area contributed by atoms with Crippen LogP contribution in [0.15, 0.2) is 18.5 Å². The molecule has 0 amide bonds. The lowest BCUT2D eigenvalue weighted by atomic mass is 9.78. The molecule has 1 aliphatic rings. The molecular weight excluding hydrogens is 247 g/mol. The minimum absolute atomic E-state index is 0.0145. The van der Waals surface area contributed by atoms with Crippen molar-refractivity contribution in [1.29, 1.82) is 0 Å². The van der Waals surface area contributed by atoms with Crippen molar-refractivity contribution in [3.8, 4) is 0 Å². The zero-order chi connectivity index (χ0) is 13.4. The number of aromatic nitrogens is 1. The Balaban J connectivity index is 2.42. The summed E-state index contributed by atoms with van der Waals surface area (Å²) >= 11 is 0. The Hall–Kier alpha value is -1.43. The second kappa shape index (κ2) is 4.35. The minimum Gasteiger partial charge on any atom is -0.385 e. The topological polar surface area (TPSA) is 50.2 Å². The number of pyridine rings is 1. The third kappa shape index (κ3) is 2.38. The highest BCUT2D eigenvalue weighted by Crippen LogP contribution is 2.42. The molecule has 98 valence electrons. The summed E-state index contributed by atoms with van der Waals surface area (Å²) in [5, 5.41) is 10.3. The third-order valence-corrected chi connectivity index (χ3v) is 3.26. The molecule has 1 fully saturated rings. The second-order valence-corrected chi connectivity index (χ2v) is 4.49. The van der Waals surface area contributed by atoms with Crippen LogP contribution in [-0.2, 0) is 16.6 Å². The minimum atomic E-state index is -4.53. The highest BCUT2D eigenvalue weighted by atomic mass is 19.4. The van der Waals surface area contributed by atoms with Crippen LogP contribution in [0.1, 0.15) is 36.8 Å². The second-order valence-electron chi connectivity index (χ2n) is 4.49. The van der Waals surface area contributed by atoms with Gasteiger partial charge in [0.15, 0.2) is 0 Å². The van der Waals surface area contributed by atoms with E-state index in [1.165, 1.54) is 0 Å². The van der Waals surface area contributed by atoms with Crippen molar-refractivity contribution in [2.75, 3.05) is 0 Å². The number of halogens is 3. The van der Waals surface area contributed by atoms with Crippen molar-refractivity contribution < 1.29 is 23.1 Å². The number of hydrogen-bond acceptors (Lipinski definition) is 3. The van der Waals surface area contributed by atoms with E-state index in [-0.39, 0.29) is 37.0 Å². The predicted octanol–water partition coefficient (Wildman–Crippen LogP) is 2.43. The van der Waals surface area contributed by atoms with E-state index in [9.17, 15) is 23.1 Å². The van der Waals surface area contributed by atoms with Gasteiger partial charge in [-0.05, 0) is 18.9 Å². The number of aliphatic hydroxyl groups is 1. The van der Waals surface area contributed by atoms with Gasteiger partial charge in [-0.1, -0.05) is 0 Å². The average molecular weight is 259 g/mol. The summed E-state index contributed by atoms with van der Waals surface area (Å²) in [6, 6.07) is 0.851. The van der Waals surface area contributed by atoms with Crippen LogP contribution >= 0.6 is 0 Å². The summed E-state index contributed by atoms with van der Waals surface area (Å²) in [5.74, 6) is -0.0304. The van der Waals surface area contributed by atoms with E-state index in [1.54, 1.807) is 0 Å². The fraction of sp³-hybridized carbons (Fsp3) is 0.500. The summed E-state index contributed by atoms with van der Waals surface area (Å²) in [6.45, 7) is 0. The summed E-state index contributed by atoms with van der Waals surface area (Å²) in [4.78, 5) is 14.8. The summed E-state index contributed by atoms with van der Waals surface area (Å²) in [7, 11) is 0. The van der Waals surface area contributed by atoms with E-state index in [2.05, 4.69) is 4.98 Å². The molecule has 18 heavy (non-hydrogen) atoms. The van der Waals surface area contributed by atoms with Gasteiger partial charge >= 0.3 is 6.18 Å². The Morgan fingerprint density at radius 1 is 1.28 bits per heavy atom. The molecule has 0 radical (unpaired) electrons. The van der Waals surface area contributed by atoms with Crippen LogP contribution in [0.3, 0.4) is 0 Å². The van der Waals surface area contributed by atoms with Gasteiger partial charge in [0.2, 0.25) is 0 Å². The highest BCUT2D eigenvalue weighted by molar-refractivity contribution is 5.79. The van der Waals surface area contributed by atoms with Crippen LogP contribution in [0, 0.1) is 0 Å². The van der Waals surface area contributed by atoms with E-state index in [0.29, 0.717) is 0 Å². The SMILES string of the molecule is O=C1CCC(O)(c2cnccc2C(F)(F)F)CC1. The average Bonchev–Trinajstić information content (AvgIpc) is 2.32. The Labute approximate surface area is 102 Å². The van der Waals surface area contributed by atoms with Crippen molar-refractivity contribution >= 4 is 5.78 Å². The standard InChI is InChI=1S/C12H12F3NO2/c13-12(14,15)9-3-6-16-7-10(9)11(18)4-1-8(17)2-5-11/h3,6-7,18H,1-2,4-5H2. The highest BCUT2D eigenvalue weighted by Gasteiger charge is 2.42. The molecular formula is C12H12F3NO2. The molecule has 0 unspecified atom stereocenters. The first kappa shape index (κ1) is 13.0. The number of carbonyl (C=O) groups is 1. The summed E-state index contributed by atoms with van der Waals surface area (Å²) < 4.78 is 38.5. The number of hydrogen-bond donors (Lipinski definition) is 1. The van der Waals surface area contributed by atoms with Gasteiger partial charge in [0.05, 0.1) is 11.2 Å². The Morgan fingerprint density at radius 3 is 2.44 bits per heavy atom. The van der Waals surface area contributed by atoms with E-state index in [4.69, 9.17) is 0 Å². The third-order valence-electron chi connectivity index (χ3n) is 3.26. The lowest BCUT2D eigenvalue weighted by molar-refractivity contribution is -0.142. The molecule has 1 N–H and O–H groups in total. The number of carbonyl (C=O) groups excluding carboxylic acids is 1. The molecule has 0 bridgehead atoms. The monoisotopic (exact) mass is 259 g/mol. The molecule has 0 aliphatic heterocycles. The van der Waals surface area contributed by atoms with Crippen LogP contribution in [0.2, 0.25) is 0 Å². The Morgan fingerprint density at radius 2 is 1.89 bits per heavy atom. The van der Waals surface area contributed by atoms with Crippen LogP contribution in [0.25, 0.3) is 0 Å². The van der Waals surface area contributed by atoms with E-state index in [1.807, 2.05) is 0 Å². The number of alkyl halides is 3. The largest absolute Gasteiger partial charge is 0.416 e. The van der Waals surface area contributed by atoms with Gasteiger partial charge in [0.1, 0.15) is 5.78 Å². The number of Topliss-reactive ketones (excluding diaryl/α,β-unsaturated/α-hetero) is 1. The quantitative estimate of drug-likeness (QED) is 0.842. The fourth-order valence-corrected chi connectivity index (χ4v) is 2.22. The van der Waals surface area contributed by atoms with Gasteiger partial charge in [0.25, 0.3) is 0 Å². The number of ketones is 1. The van der Waals surface area contributed by atoms with E-state index in [0.717, 1.165) is 18.5 Å². The molecule has 0 saturated heterocycles. The molecule has 0 atom stereocenters. The molecule has 0 spiro atoms. The smallest absolute Gasteiger partial charge is 0.385 e. The van der Waals surface area contributed by atoms with Crippen molar-refractivity contribution in [3.05, 3.63) is 29.6 Å². The van der Waals surface area contributed by atoms with Gasteiger partial charge in [0, 0.05) is 30.8 Å². The molecule has 1 heterocycles. The number of nitrogens with zero attached hydrogens (tertiary/aromatic N) is 1. The summed E-state index contributed by atoms with van der Waals surface area (Å²) in [5.41, 5.74) is -2.72. The van der Waals surface area contributed by atoms with Crippen LogP contribution < -0.4 is 0 Å². The maximum absolute atomic E-state index is 12.8. The van der Waals surface area contributed by atoms with Crippen molar-refractivity contribution in [2.24, 2.45) is 0 Å². The van der Waals surface area contributed by atoms with Crippen LogP contribution in [-0.4, -0.2) is 15.9 Å². The zero-order valence-electron chi connectivity index (χ0n) is 9.50. The Bertz CT molecular complexity index is 461. The lowest BCUT2D eigenvalue weighted by Crippen LogP contribution is -2.34. The number of rotatable bonds is 1. The molecule has 2 rings (SSSR count). The van der Waals surface area contributed by atoms with Gasteiger partial charge < -0.3 is 5.11 Å². The lowest BCUT2D eigenvalue weighted by Gasteiger charge is -2.33. The fourth-order valence-electron chi connectivity index (χ4n) is 2.22. The molecule has 1 aromatic heterocycles. The van der Waals surface area contributed by atoms with Gasteiger partial charge in [-0.3, -0.25) is 9.78 Å². The van der Waals surface area contributed by atoms with E-state index < -0.39 is 17.3 Å². The molecule has 3 nitrogen and oxygen atoms in total. The molecule has 1 aliphatic carbocycles. The normalized spacial score (nSPS) is 19.9. The maximum Gasteiger partial charge on any atom is 0.416 e. The zero-order valence-corrected chi connectivity index (χ0v) is 9.50. The summed E-state index contributed by atoms with van der Waals surface area (Å²) in [6.07, 6.45) is -2.22. The first-order valence-electron chi connectivity index (χ1n) is 5.59. The van der Waals surface area contributed by atoms with Crippen molar-refractivity contribution in [3.63, 3.8) is 0 Å². The molecule has 1 aromatic rings. The van der Waals surface area contributed by atoms with Crippen molar-refractivity contribution in [1.82, 2.24) is 4.98 Å². The van der Waals surface area contributed by atoms with Crippen LogP contribution in [0.5, 0.6) is 0 Å². The predicted molar refractivity (Wildman–Crippen MR) is 56.6 cm³/mol. The van der Waals surface area contributed by atoms with Crippen molar-refractivity contribution in [2.45, 2.75) is 37.5 Å². The van der Waals surface area contributed by atoms with Gasteiger partial charge in [-0.2, -0.15) is 13.2 Å². The molecule has 0 aromatic carbocycles. The Kier molecular flexibility index (Phi) is 3.14. The van der Waals surface area contributed by atoms with Gasteiger partial charge in [-0.25, -0.2) is 0 Å². The molecule has 1 saturated carbocycles.